The molecule has 2 aliphatic rings. The fraction of sp³-hybridized carbons (Fsp3) is 0.619. The Bertz CT molecular complexity index is 606. The molecule has 2 fully saturated rings. The molecule has 2 saturated heterocycles. The van der Waals surface area contributed by atoms with Gasteiger partial charge >= 0.3 is 0 Å². The number of rotatable bonds is 4. The normalized spacial score (nSPS) is 19.7. The van der Waals surface area contributed by atoms with E-state index in [-0.39, 0.29) is 36.4 Å². The van der Waals surface area contributed by atoms with Gasteiger partial charge in [-0.05, 0) is 49.5 Å². The molecule has 0 aromatic heterocycles. The Hall–Kier alpha value is -1.31. The minimum Gasteiger partial charge on any atom is -0.370 e. The SMILES string of the molecule is CC1CCN(C(N)=NCC(=O)N2CCC(Cc3ccccc3)CC2)CC1.I. The minimum absolute atomic E-state index is 0. The highest BCUT2D eigenvalue weighted by atomic mass is 127. The summed E-state index contributed by atoms with van der Waals surface area (Å²) in [5, 5.41) is 0. The van der Waals surface area contributed by atoms with E-state index in [1.165, 1.54) is 5.56 Å². The van der Waals surface area contributed by atoms with Gasteiger partial charge in [-0.1, -0.05) is 37.3 Å². The highest BCUT2D eigenvalue weighted by molar-refractivity contribution is 14.0. The van der Waals surface area contributed by atoms with E-state index in [0.717, 1.165) is 64.2 Å². The number of halogens is 1. The van der Waals surface area contributed by atoms with Crippen molar-refractivity contribution in [1.82, 2.24) is 9.80 Å². The maximum atomic E-state index is 12.4. The fourth-order valence-electron chi connectivity index (χ4n) is 3.92. The van der Waals surface area contributed by atoms with Gasteiger partial charge in [-0.2, -0.15) is 0 Å². The van der Waals surface area contributed by atoms with Crippen LogP contribution in [-0.2, 0) is 11.2 Å². The summed E-state index contributed by atoms with van der Waals surface area (Å²) >= 11 is 0. The number of amides is 1. The fourth-order valence-corrected chi connectivity index (χ4v) is 3.92. The number of carbonyl (C=O) groups is 1. The molecule has 6 heteroatoms. The zero-order valence-corrected chi connectivity index (χ0v) is 18.7. The van der Waals surface area contributed by atoms with Gasteiger partial charge < -0.3 is 15.5 Å². The quantitative estimate of drug-likeness (QED) is 0.406. The average molecular weight is 484 g/mol. The predicted octanol–water partition coefficient (Wildman–Crippen LogP) is 3.13. The molecule has 0 unspecified atom stereocenters. The van der Waals surface area contributed by atoms with Crippen LogP contribution in [0.15, 0.2) is 35.3 Å². The molecular formula is C21H33IN4O. The summed E-state index contributed by atoms with van der Waals surface area (Å²) in [5.74, 6) is 2.07. The first-order chi connectivity index (χ1) is 12.6. The molecule has 5 nitrogen and oxygen atoms in total. The molecule has 0 bridgehead atoms. The minimum atomic E-state index is 0. The second-order valence-corrected chi connectivity index (χ2v) is 7.86. The number of piperidine rings is 2. The molecule has 0 atom stereocenters. The molecule has 0 spiro atoms. The summed E-state index contributed by atoms with van der Waals surface area (Å²) in [5.41, 5.74) is 7.48. The number of carbonyl (C=O) groups excluding carboxylic acids is 1. The van der Waals surface area contributed by atoms with E-state index in [0.29, 0.717) is 11.9 Å². The van der Waals surface area contributed by atoms with Crippen LogP contribution in [0.1, 0.15) is 38.2 Å². The van der Waals surface area contributed by atoms with E-state index in [1.807, 2.05) is 4.90 Å². The van der Waals surface area contributed by atoms with Crippen LogP contribution >= 0.6 is 24.0 Å². The Labute approximate surface area is 180 Å². The predicted molar refractivity (Wildman–Crippen MR) is 121 cm³/mol. The van der Waals surface area contributed by atoms with Crippen molar-refractivity contribution < 1.29 is 4.79 Å². The Morgan fingerprint density at radius 1 is 1.04 bits per heavy atom. The number of nitrogens with two attached hydrogens (primary N) is 1. The highest BCUT2D eigenvalue weighted by Crippen LogP contribution is 2.21. The third kappa shape index (κ3) is 6.66. The molecule has 1 aromatic rings. The molecule has 0 radical (unpaired) electrons. The van der Waals surface area contributed by atoms with Crippen LogP contribution in [0, 0.1) is 11.8 Å². The first kappa shape index (κ1) is 22.0. The van der Waals surface area contributed by atoms with Gasteiger partial charge in [-0.3, -0.25) is 4.79 Å². The molecule has 150 valence electrons. The van der Waals surface area contributed by atoms with Crippen LogP contribution < -0.4 is 5.73 Å². The third-order valence-electron chi connectivity index (χ3n) is 5.82. The Kier molecular flexibility index (Phi) is 8.86. The summed E-state index contributed by atoms with van der Waals surface area (Å²) < 4.78 is 0. The summed E-state index contributed by atoms with van der Waals surface area (Å²) in [6.07, 6.45) is 5.56. The lowest BCUT2D eigenvalue weighted by Crippen LogP contribution is -2.44. The van der Waals surface area contributed by atoms with Gasteiger partial charge in [0.1, 0.15) is 6.54 Å². The number of hydrogen-bond acceptors (Lipinski definition) is 2. The monoisotopic (exact) mass is 484 g/mol. The lowest BCUT2D eigenvalue weighted by Gasteiger charge is -2.32. The average Bonchev–Trinajstić information content (AvgIpc) is 2.68. The smallest absolute Gasteiger partial charge is 0.244 e. The Balaban J connectivity index is 0.00000261. The van der Waals surface area contributed by atoms with Crippen molar-refractivity contribution >= 4 is 35.8 Å². The molecule has 3 rings (SSSR count). The van der Waals surface area contributed by atoms with Gasteiger partial charge in [0.2, 0.25) is 5.91 Å². The molecule has 2 aliphatic heterocycles. The van der Waals surface area contributed by atoms with Crippen LogP contribution in [0.4, 0.5) is 0 Å². The second kappa shape index (κ2) is 10.9. The van der Waals surface area contributed by atoms with E-state index in [1.54, 1.807) is 0 Å². The van der Waals surface area contributed by atoms with Crippen molar-refractivity contribution in [3.8, 4) is 0 Å². The third-order valence-corrected chi connectivity index (χ3v) is 5.82. The van der Waals surface area contributed by atoms with Gasteiger partial charge in [0.25, 0.3) is 0 Å². The van der Waals surface area contributed by atoms with Crippen LogP contribution in [-0.4, -0.2) is 54.4 Å². The number of likely N-dealkylation sites (tertiary alicyclic amines) is 2. The van der Waals surface area contributed by atoms with Gasteiger partial charge in [0, 0.05) is 26.2 Å². The first-order valence-corrected chi connectivity index (χ1v) is 9.98. The maximum absolute atomic E-state index is 12.4. The van der Waals surface area contributed by atoms with Crippen LogP contribution in [0.5, 0.6) is 0 Å². The zero-order chi connectivity index (χ0) is 18.4. The molecule has 2 N–H and O–H groups in total. The number of guanidine groups is 1. The van der Waals surface area contributed by atoms with E-state index < -0.39 is 0 Å². The molecule has 1 amide bonds. The molecule has 2 heterocycles. The van der Waals surface area contributed by atoms with Crippen LogP contribution in [0.25, 0.3) is 0 Å². The van der Waals surface area contributed by atoms with Gasteiger partial charge in [-0.25, -0.2) is 4.99 Å². The van der Waals surface area contributed by atoms with Crippen molar-refractivity contribution in [3.63, 3.8) is 0 Å². The van der Waals surface area contributed by atoms with Crippen LogP contribution in [0.2, 0.25) is 0 Å². The lowest BCUT2D eigenvalue weighted by atomic mass is 9.90. The van der Waals surface area contributed by atoms with E-state index >= 15 is 0 Å². The van der Waals surface area contributed by atoms with E-state index in [2.05, 4.69) is 47.1 Å². The highest BCUT2D eigenvalue weighted by Gasteiger charge is 2.23. The lowest BCUT2D eigenvalue weighted by molar-refractivity contribution is -0.131. The summed E-state index contributed by atoms with van der Waals surface area (Å²) in [6, 6.07) is 10.6. The summed E-state index contributed by atoms with van der Waals surface area (Å²) in [6.45, 7) is 6.04. The molecule has 27 heavy (non-hydrogen) atoms. The molecule has 1 aromatic carbocycles. The number of aliphatic imine (C=N–C) groups is 1. The number of nitrogens with zero attached hydrogens (tertiary/aromatic N) is 3. The topological polar surface area (TPSA) is 61.9 Å². The van der Waals surface area contributed by atoms with Crippen molar-refractivity contribution in [2.75, 3.05) is 32.7 Å². The number of benzene rings is 1. The first-order valence-electron chi connectivity index (χ1n) is 9.98. The van der Waals surface area contributed by atoms with Gasteiger partial charge in [-0.15, -0.1) is 24.0 Å². The second-order valence-electron chi connectivity index (χ2n) is 7.86. The Morgan fingerprint density at radius 3 is 2.26 bits per heavy atom. The number of hydrogen-bond donors (Lipinski definition) is 1. The molecule has 0 aliphatic carbocycles. The van der Waals surface area contributed by atoms with E-state index in [9.17, 15) is 4.79 Å². The maximum Gasteiger partial charge on any atom is 0.244 e. The Morgan fingerprint density at radius 2 is 1.63 bits per heavy atom. The van der Waals surface area contributed by atoms with Crippen LogP contribution in [0.3, 0.4) is 0 Å². The van der Waals surface area contributed by atoms with Gasteiger partial charge in [0.15, 0.2) is 5.96 Å². The zero-order valence-electron chi connectivity index (χ0n) is 16.3. The van der Waals surface area contributed by atoms with Crippen molar-refractivity contribution in [1.29, 1.82) is 0 Å². The standard InChI is InChI=1S/C21H32N4O.HI/c1-17-7-11-25(12-8-17)21(22)23-16-20(26)24-13-9-19(10-14-24)15-18-5-3-2-4-6-18;/h2-6,17,19H,7-16H2,1H3,(H2,22,23);1H. The molecular weight excluding hydrogens is 451 g/mol. The van der Waals surface area contributed by atoms with Crippen molar-refractivity contribution in [3.05, 3.63) is 35.9 Å². The summed E-state index contributed by atoms with van der Waals surface area (Å²) in [4.78, 5) is 20.9. The largest absolute Gasteiger partial charge is 0.370 e. The van der Waals surface area contributed by atoms with Crippen molar-refractivity contribution in [2.45, 2.75) is 39.0 Å². The summed E-state index contributed by atoms with van der Waals surface area (Å²) in [7, 11) is 0. The van der Waals surface area contributed by atoms with Gasteiger partial charge in [0.05, 0.1) is 0 Å². The molecule has 0 saturated carbocycles. The van der Waals surface area contributed by atoms with E-state index in [4.69, 9.17) is 5.73 Å². The van der Waals surface area contributed by atoms with Crippen molar-refractivity contribution in [2.24, 2.45) is 22.6 Å².